The second-order valence-electron chi connectivity index (χ2n) is 10.9. The van der Waals surface area contributed by atoms with E-state index in [2.05, 4.69) is 12.7 Å². The van der Waals surface area contributed by atoms with Crippen LogP contribution in [0, 0.1) is 35.3 Å². The fourth-order valence-electron chi connectivity index (χ4n) is 6.35. The van der Waals surface area contributed by atoms with Crippen molar-refractivity contribution in [2.24, 2.45) is 23.7 Å². The molecule has 1 nitrogen and oxygen atoms in total. The van der Waals surface area contributed by atoms with Crippen LogP contribution in [0.3, 0.4) is 0 Å². The molecule has 0 heterocycles. The first-order valence-corrected chi connectivity index (χ1v) is 13.9. The van der Waals surface area contributed by atoms with Crippen LogP contribution >= 0.6 is 0 Å². The maximum atomic E-state index is 14.6. The van der Waals surface area contributed by atoms with Gasteiger partial charge in [-0.2, -0.15) is 0 Å². The predicted octanol–water partition coefficient (Wildman–Crippen LogP) is 9.54. The van der Waals surface area contributed by atoms with E-state index in [1.165, 1.54) is 64.2 Å². The Bertz CT molecular complexity index is 935. The van der Waals surface area contributed by atoms with Crippen molar-refractivity contribution in [3.8, 4) is 16.9 Å². The third-order valence-electron chi connectivity index (χ3n) is 8.56. The summed E-state index contributed by atoms with van der Waals surface area (Å²) in [5, 5.41) is 0. The molecule has 0 radical (unpaired) electrons. The zero-order valence-corrected chi connectivity index (χ0v) is 21.4. The van der Waals surface area contributed by atoms with Gasteiger partial charge >= 0.3 is 0 Å². The summed E-state index contributed by atoms with van der Waals surface area (Å²) in [5.41, 5.74) is 1.43. The molecule has 2 saturated carbocycles. The van der Waals surface area contributed by atoms with Crippen LogP contribution in [0.1, 0.15) is 83.1 Å². The van der Waals surface area contributed by atoms with Crippen LogP contribution < -0.4 is 4.74 Å². The Morgan fingerprint density at radius 2 is 1.46 bits per heavy atom. The normalized spacial score (nSPS) is 24.8. The van der Waals surface area contributed by atoms with Crippen LogP contribution in [-0.4, -0.2) is 6.61 Å². The monoisotopic (exact) mass is 480 g/mol. The molecule has 0 N–H and O–H groups in total. The van der Waals surface area contributed by atoms with Gasteiger partial charge in [-0.15, -0.1) is 6.58 Å². The molecule has 0 unspecified atom stereocenters. The summed E-state index contributed by atoms with van der Waals surface area (Å²) in [4.78, 5) is 0. The van der Waals surface area contributed by atoms with E-state index in [1.54, 1.807) is 12.1 Å². The maximum absolute atomic E-state index is 14.6. The molecule has 0 bridgehead atoms. The SMILES string of the molecule is C=CCCC1CCC(C2CCC(COc3ccc(-c4ccc(CCC)c(F)c4F)cc3)CC2)CC1. The highest BCUT2D eigenvalue weighted by Gasteiger charge is 2.30. The lowest BCUT2D eigenvalue weighted by Crippen LogP contribution is -2.27. The number of allylic oxidation sites excluding steroid dienone is 1. The second-order valence-corrected chi connectivity index (χ2v) is 10.9. The molecule has 190 valence electrons. The summed E-state index contributed by atoms with van der Waals surface area (Å²) in [6.45, 7) is 6.58. The first-order chi connectivity index (χ1) is 17.1. The smallest absolute Gasteiger partial charge is 0.166 e. The molecule has 2 aliphatic rings. The first-order valence-electron chi connectivity index (χ1n) is 13.9. The summed E-state index contributed by atoms with van der Waals surface area (Å²) < 4.78 is 35.0. The topological polar surface area (TPSA) is 9.23 Å². The number of benzene rings is 2. The molecular weight excluding hydrogens is 438 g/mol. The lowest BCUT2D eigenvalue weighted by molar-refractivity contribution is 0.122. The molecular formula is C32H42F2O. The summed E-state index contributed by atoms with van der Waals surface area (Å²) >= 11 is 0. The fraction of sp³-hybridized carbons (Fsp3) is 0.562. The minimum atomic E-state index is -0.758. The highest BCUT2D eigenvalue weighted by Crippen LogP contribution is 2.42. The van der Waals surface area contributed by atoms with E-state index in [0.29, 0.717) is 29.0 Å². The average Bonchev–Trinajstić information content (AvgIpc) is 2.90. The van der Waals surface area contributed by atoms with Gasteiger partial charge < -0.3 is 4.74 Å². The van der Waals surface area contributed by atoms with E-state index in [4.69, 9.17) is 4.74 Å². The third-order valence-corrected chi connectivity index (χ3v) is 8.56. The van der Waals surface area contributed by atoms with Crippen molar-refractivity contribution in [1.29, 1.82) is 0 Å². The van der Waals surface area contributed by atoms with Crippen LogP contribution in [0.4, 0.5) is 8.78 Å². The molecule has 0 aliphatic heterocycles. The molecule has 3 heteroatoms. The third kappa shape index (κ3) is 6.74. The van der Waals surface area contributed by atoms with E-state index in [0.717, 1.165) is 36.5 Å². The van der Waals surface area contributed by atoms with E-state index in [1.807, 2.05) is 31.2 Å². The largest absolute Gasteiger partial charge is 0.493 e. The summed E-state index contributed by atoms with van der Waals surface area (Å²) in [6.07, 6.45) is 16.8. The van der Waals surface area contributed by atoms with Crippen molar-refractivity contribution >= 4 is 0 Å². The second kappa shape index (κ2) is 12.7. The number of aryl methyl sites for hydroxylation is 1. The Labute approximate surface area is 211 Å². The lowest BCUT2D eigenvalue weighted by Gasteiger charge is -2.37. The molecule has 2 fully saturated rings. The molecule has 35 heavy (non-hydrogen) atoms. The minimum absolute atomic E-state index is 0.307. The quantitative estimate of drug-likeness (QED) is 0.308. The number of ether oxygens (including phenoxy) is 1. The molecule has 2 aromatic carbocycles. The highest BCUT2D eigenvalue weighted by molar-refractivity contribution is 5.65. The van der Waals surface area contributed by atoms with Crippen LogP contribution in [0.15, 0.2) is 49.1 Å². The van der Waals surface area contributed by atoms with Crippen molar-refractivity contribution in [3.05, 3.63) is 66.3 Å². The molecule has 2 aromatic rings. The zero-order valence-electron chi connectivity index (χ0n) is 21.4. The molecule has 0 spiro atoms. The van der Waals surface area contributed by atoms with Crippen LogP contribution in [-0.2, 0) is 6.42 Å². The van der Waals surface area contributed by atoms with Gasteiger partial charge in [0, 0.05) is 5.56 Å². The van der Waals surface area contributed by atoms with Gasteiger partial charge in [-0.05, 0) is 105 Å². The van der Waals surface area contributed by atoms with E-state index >= 15 is 0 Å². The Kier molecular flexibility index (Phi) is 9.40. The standard InChI is InChI=1S/C32H42F2O/c1-3-5-7-23-8-12-25(13-9-23)26-14-10-24(11-15-26)22-35-29-19-16-27(17-20-29)30-21-18-28(6-4-2)31(33)32(30)34/h3,16-21,23-26H,1,4-15,22H2,2H3. The van der Waals surface area contributed by atoms with Gasteiger partial charge in [0.25, 0.3) is 0 Å². The Balaban J connectivity index is 1.22. The van der Waals surface area contributed by atoms with Gasteiger partial charge in [-0.1, -0.05) is 56.5 Å². The van der Waals surface area contributed by atoms with E-state index in [9.17, 15) is 8.78 Å². The number of hydrogen-bond donors (Lipinski definition) is 0. The van der Waals surface area contributed by atoms with Crippen molar-refractivity contribution in [1.82, 2.24) is 0 Å². The molecule has 0 aromatic heterocycles. The van der Waals surface area contributed by atoms with Crippen molar-refractivity contribution in [2.45, 2.75) is 84.0 Å². The number of rotatable bonds is 10. The Hall–Kier alpha value is -2.16. The van der Waals surface area contributed by atoms with E-state index in [-0.39, 0.29) is 0 Å². The molecule has 0 saturated heterocycles. The average molecular weight is 481 g/mol. The van der Waals surface area contributed by atoms with Gasteiger partial charge in [-0.25, -0.2) is 8.78 Å². The van der Waals surface area contributed by atoms with Gasteiger partial charge in [0.2, 0.25) is 0 Å². The van der Waals surface area contributed by atoms with Gasteiger partial charge in [0.15, 0.2) is 11.6 Å². The molecule has 2 aliphatic carbocycles. The maximum Gasteiger partial charge on any atom is 0.166 e. The van der Waals surface area contributed by atoms with Crippen LogP contribution in [0.5, 0.6) is 5.75 Å². The molecule has 4 rings (SSSR count). The minimum Gasteiger partial charge on any atom is -0.493 e. The number of halogens is 2. The van der Waals surface area contributed by atoms with Crippen LogP contribution in [0.25, 0.3) is 11.1 Å². The zero-order chi connectivity index (χ0) is 24.6. The predicted molar refractivity (Wildman–Crippen MR) is 142 cm³/mol. The van der Waals surface area contributed by atoms with Crippen LogP contribution in [0.2, 0.25) is 0 Å². The van der Waals surface area contributed by atoms with Gasteiger partial charge in [0.1, 0.15) is 5.75 Å². The van der Waals surface area contributed by atoms with Gasteiger partial charge in [0.05, 0.1) is 6.61 Å². The lowest BCUT2D eigenvalue weighted by atomic mass is 9.69. The van der Waals surface area contributed by atoms with Crippen molar-refractivity contribution in [3.63, 3.8) is 0 Å². The van der Waals surface area contributed by atoms with Crippen molar-refractivity contribution < 1.29 is 13.5 Å². The fourth-order valence-corrected chi connectivity index (χ4v) is 6.35. The van der Waals surface area contributed by atoms with E-state index < -0.39 is 11.6 Å². The summed E-state index contributed by atoms with van der Waals surface area (Å²) in [6, 6.07) is 10.8. The van der Waals surface area contributed by atoms with Crippen molar-refractivity contribution in [2.75, 3.05) is 6.61 Å². The Morgan fingerprint density at radius 1 is 0.829 bits per heavy atom. The Morgan fingerprint density at radius 3 is 2.06 bits per heavy atom. The molecule has 0 amide bonds. The highest BCUT2D eigenvalue weighted by atomic mass is 19.2. The van der Waals surface area contributed by atoms with Gasteiger partial charge in [-0.3, -0.25) is 0 Å². The number of hydrogen-bond acceptors (Lipinski definition) is 1. The molecule has 0 atom stereocenters. The summed E-state index contributed by atoms with van der Waals surface area (Å²) in [7, 11) is 0. The first kappa shape index (κ1) is 25.9. The summed E-state index contributed by atoms with van der Waals surface area (Å²) in [5.74, 6) is 2.71.